The van der Waals surface area contributed by atoms with E-state index in [4.69, 9.17) is 9.72 Å². The van der Waals surface area contributed by atoms with Crippen LogP contribution in [0.3, 0.4) is 0 Å². The van der Waals surface area contributed by atoms with E-state index in [0.717, 1.165) is 29.9 Å². The number of methoxy groups -OCH3 is 1. The number of hydrogen-bond acceptors (Lipinski definition) is 6. The van der Waals surface area contributed by atoms with Gasteiger partial charge in [0.15, 0.2) is 10.9 Å². The van der Waals surface area contributed by atoms with Gasteiger partial charge in [0.1, 0.15) is 11.6 Å². The van der Waals surface area contributed by atoms with Crippen molar-refractivity contribution in [3.05, 3.63) is 57.0 Å². The van der Waals surface area contributed by atoms with Gasteiger partial charge in [0.25, 0.3) is 5.56 Å². The predicted octanol–water partition coefficient (Wildman–Crippen LogP) is 4.87. The Labute approximate surface area is 186 Å². The first-order valence-electron chi connectivity index (χ1n) is 10.7. The summed E-state index contributed by atoms with van der Waals surface area (Å²) in [5, 5.41) is 4.31. The number of thioether (sulfide) groups is 1. The van der Waals surface area contributed by atoms with Crippen molar-refractivity contribution in [1.29, 1.82) is 0 Å². The first-order valence-corrected chi connectivity index (χ1v) is 11.6. The highest BCUT2D eigenvalue weighted by atomic mass is 32.2. The molecule has 0 amide bonds. The van der Waals surface area contributed by atoms with Gasteiger partial charge in [-0.25, -0.2) is 4.98 Å². The third-order valence-electron chi connectivity index (χ3n) is 6.04. The molecule has 31 heavy (non-hydrogen) atoms. The third kappa shape index (κ3) is 4.15. The Hall–Kier alpha value is -2.54. The zero-order valence-corrected chi connectivity index (χ0v) is 19.5. The maximum absolute atomic E-state index is 13.3. The van der Waals surface area contributed by atoms with Crippen LogP contribution in [0.4, 0.5) is 5.82 Å². The molecule has 7 heteroatoms. The zero-order chi connectivity index (χ0) is 22.3. The predicted molar refractivity (Wildman–Crippen MR) is 124 cm³/mol. The quantitative estimate of drug-likeness (QED) is 0.511. The van der Waals surface area contributed by atoms with Crippen molar-refractivity contribution in [2.45, 2.75) is 63.3 Å². The maximum atomic E-state index is 13.3. The van der Waals surface area contributed by atoms with E-state index in [9.17, 15) is 9.59 Å². The van der Waals surface area contributed by atoms with Crippen LogP contribution in [0.1, 0.15) is 64.0 Å². The summed E-state index contributed by atoms with van der Waals surface area (Å²) >= 11 is 1.56. The van der Waals surface area contributed by atoms with Crippen LogP contribution in [-0.4, -0.2) is 28.1 Å². The van der Waals surface area contributed by atoms with Crippen LogP contribution in [0, 0.1) is 5.41 Å². The molecule has 2 unspecified atom stereocenters. The highest BCUT2D eigenvalue weighted by Gasteiger charge is 2.42. The highest BCUT2D eigenvalue weighted by Crippen LogP contribution is 2.47. The molecular formula is C24H29N3O3S. The first kappa shape index (κ1) is 21.7. The summed E-state index contributed by atoms with van der Waals surface area (Å²) in [7, 11) is 1.62. The van der Waals surface area contributed by atoms with E-state index in [1.165, 1.54) is 0 Å². The summed E-state index contributed by atoms with van der Waals surface area (Å²) in [4.78, 5) is 34.2. The summed E-state index contributed by atoms with van der Waals surface area (Å²) in [6.07, 6.45) is 2.18. The van der Waals surface area contributed by atoms with Gasteiger partial charge >= 0.3 is 0 Å². The second-order valence-corrected chi connectivity index (χ2v) is 10.6. The van der Waals surface area contributed by atoms with Gasteiger partial charge in [-0.1, -0.05) is 51.6 Å². The average molecular weight is 440 g/mol. The number of nitrogens with one attached hydrogen (secondary N) is 2. The number of ketones is 1. The van der Waals surface area contributed by atoms with Gasteiger partial charge in [0.2, 0.25) is 0 Å². The second kappa shape index (κ2) is 8.19. The molecule has 1 aromatic heterocycles. The van der Waals surface area contributed by atoms with Crippen LogP contribution in [-0.2, 0) is 4.79 Å². The Morgan fingerprint density at radius 3 is 2.58 bits per heavy atom. The summed E-state index contributed by atoms with van der Waals surface area (Å²) in [5.74, 6) is 0.928. The molecule has 2 heterocycles. The van der Waals surface area contributed by atoms with Gasteiger partial charge in [-0.05, 0) is 36.0 Å². The van der Waals surface area contributed by atoms with Crippen LogP contribution >= 0.6 is 11.8 Å². The highest BCUT2D eigenvalue weighted by molar-refractivity contribution is 7.99. The number of benzene rings is 1. The van der Waals surface area contributed by atoms with Crippen molar-refractivity contribution >= 4 is 23.4 Å². The zero-order valence-electron chi connectivity index (χ0n) is 18.7. The van der Waals surface area contributed by atoms with E-state index < -0.39 is 5.92 Å². The minimum atomic E-state index is -0.445. The van der Waals surface area contributed by atoms with Crippen molar-refractivity contribution in [1.82, 2.24) is 9.97 Å². The number of carbonyl (C=O) groups excluding carboxylic acids is 1. The van der Waals surface area contributed by atoms with Crippen LogP contribution < -0.4 is 15.6 Å². The Kier molecular flexibility index (Phi) is 5.73. The van der Waals surface area contributed by atoms with Crippen molar-refractivity contribution in [3.63, 3.8) is 0 Å². The van der Waals surface area contributed by atoms with E-state index >= 15 is 0 Å². The Morgan fingerprint density at radius 1 is 1.23 bits per heavy atom. The lowest BCUT2D eigenvalue weighted by molar-refractivity contribution is -0.118. The molecule has 1 aromatic carbocycles. The van der Waals surface area contributed by atoms with Gasteiger partial charge in [0.05, 0.1) is 12.7 Å². The summed E-state index contributed by atoms with van der Waals surface area (Å²) in [5.41, 5.74) is 2.62. The van der Waals surface area contributed by atoms with Gasteiger partial charge in [-0.2, -0.15) is 0 Å². The molecule has 2 N–H and O–H groups in total. The molecule has 164 valence electrons. The number of carbonyl (C=O) groups is 1. The number of H-pyrrole nitrogens is 1. The van der Waals surface area contributed by atoms with Gasteiger partial charge in [0, 0.05) is 28.9 Å². The molecule has 0 bridgehead atoms. The molecule has 2 atom stereocenters. The molecule has 0 spiro atoms. The molecule has 4 rings (SSSR count). The van der Waals surface area contributed by atoms with E-state index in [2.05, 4.69) is 38.0 Å². The Bertz CT molecular complexity index is 1100. The molecular weight excluding hydrogens is 410 g/mol. The van der Waals surface area contributed by atoms with Crippen molar-refractivity contribution < 1.29 is 9.53 Å². The molecule has 0 saturated carbocycles. The van der Waals surface area contributed by atoms with E-state index in [-0.39, 0.29) is 16.8 Å². The Morgan fingerprint density at radius 2 is 1.94 bits per heavy atom. The van der Waals surface area contributed by atoms with Crippen LogP contribution in [0.25, 0.3) is 0 Å². The summed E-state index contributed by atoms with van der Waals surface area (Å²) in [6, 6.07) is 7.58. The molecule has 1 aliphatic carbocycles. The number of hydrogen-bond donors (Lipinski definition) is 2. The fourth-order valence-electron chi connectivity index (χ4n) is 4.35. The smallest absolute Gasteiger partial charge is 0.257 e. The van der Waals surface area contributed by atoms with Crippen molar-refractivity contribution in [3.8, 4) is 5.75 Å². The standard InChI is InChI=1S/C24H29N3O3S/c1-6-13(2)31-23-26-21-20(22(29)27-23)18(14-7-9-15(30-5)10-8-14)19-16(25-21)11-24(3,4)12-17(19)28/h7-10,13,18H,6,11-12H2,1-5H3,(H2,25,26,27,29). The number of rotatable bonds is 5. The molecule has 0 saturated heterocycles. The molecule has 6 nitrogen and oxygen atoms in total. The molecule has 2 aliphatic rings. The van der Waals surface area contributed by atoms with Crippen LogP contribution in [0.2, 0.25) is 0 Å². The van der Waals surface area contributed by atoms with Gasteiger partial charge in [-0.3, -0.25) is 9.59 Å². The average Bonchev–Trinajstić information content (AvgIpc) is 2.71. The largest absolute Gasteiger partial charge is 0.497 e. The molecule has 0 fully saturated rings. The minimum absolute atomic E-state index is 0.0858. The lowest BCUT2D eigenvalue weighted by atomic mass is 9.69. The first-order chi connectivity index (χ1) is 14.7. The number of ether oxygens (including phenoxy) is 1. The lowest BCUT2D eigenvalue weighted by Crippen LogP contribution is -2.37. The monoisotopic (exact) mass is 439 g/mol. The summed E-state index contributed by atoms with van der Waals surface area (Å²) in [6.45, 7) is 8.42. The number of aromatic nitrogens is 2. The number of allylic oxidation sites excluding steroid dienone is 2. The minimum Gasteiger partial charge on any atom is -0.497 e. The summed E-state index contributed by atoms with van der Waals surface area (Å²) < 4.78 is 5.29. The van der Waals surface area contributed by atoms with E-state index in [0.29, 0.717) is 33.8 Å². The van der Waals surface area contributed by atoms with E-state index in [1.54, 1.807) is 18.9 Å². The van der Waals surface area contributed by atoms with Crippen molar-refractivity contribution in [2.24, 2.45) is 5.41 Å². The van der Waals surface area contributed by atoms with Gasteiger partial charge in [-0.15, -0.1) is 0 Å². The normalized spacial score (nSPS) is 20.5. The number of nitrogens with zero attached hydrogens (tertiary/aromatic N) is 1. The molecule has 0 radical (unpaired) electrons. The number of Topliss-reactive ketones (excluding diaryl/α,β-unsaturated/α-hetero) is 1. The topological polar surface area (TPSA) is 84.1 Å². The van der Waals surface area contributed by atoms with Crippen molar-refractivity contribution in [2.75, 3.05) is 12.4 Å². The molecule has 2 aromatic rings. The second-order valence-electron chi connectivity index (χ2n) is 9.13. The third-order valence-corrected chi connectivity index (χ3v) is 7.19. The molecule has 1 aliphatic heterocycles. The lowest BCUT2D eigenvalue weighted by Gasteiger charge is -2.38. The fraction of sp³-hybridized carbons (Fsp3) is 0.458. The number of anilines is 1. The SMILES string of the molecule is CCC(C)Sc1nc2c(c(=O)[nH]1)C(c1ccc(OC)cc1)C1=C(CC(C)(C)CC1=O)N2. The number of aromatic amines is 1. The number of fused-ring (bicyclic) bond motifs is 1. The van der Waals surface area contributed by atoms with E-state index in [1.807, 2.05) is 24.3 Å². The Balaban J connectivity index is 1.89. The maximum Gasteiger partial charge on any atom is 0.257 e. The van der Waals surface area contributed by atoms with Crippen LogP contribution in [0.15, 0.2) is 45.5 Å². The van der Waals surface area contributed by atoms with Gasteiger partial charge < -0.3 is 15.0 Å². The van der Waals surface area contributed by atoms with Crippen LogP contribution in [0.5, 0.6) is 5.75 Å². The fourth-order valence-corrected chi connectivity index (χ4v) is 5.20.